The molecule has 2 heterocycles. The van der Waals surface area contributed by atoms with Crippen LogP contribution in [0.1, 0.15) is 30.3 Å². The molecule has 1 aromatic heterocycles. The number of hydrogen-bond acceptors (Lipinski definition) is 2. The van der Waals surface area contributed by atoms with Crippen molar-refractivity contribution in [2.45, 2.75) is 32.0 Å². The van der Waals surface area contributed by atoms with Crippen molar-refractivity contribution in [3.05, 3.63) is 23.7 Å². The van der Waals surface area contributed by atoms with Crippen molar-refractivity contribution in [2.24, 2.45) is 0 Å². The molecule has 0 bridgehead atoms. The van der Waals surface area contributed by atoms with Gasteiger partial charge < -0.3 is 9.15 Å². The second kappa shape index (κ2) is 3.84. The lowest BCUT2D eigenvalue weighted by atomic mass is 10.1. The summed E-state index contributed by atoms with van der Waals surface area (Å²) in [6.45, 7) is 2.06. The first-order valence-electron chi connectivity index (χ1n) is 4.56. The smallest absolute Gasteiger partial charge is 0.135 e. The summed E-state index contributed by atoms with van der Waals surface area (Å²) in [4.78, 5) is 0. The Balaban J connectivity index is 2.08. The Bertz CT molecular complexity index is 282. The van der Waals surface area contributed by atoms with Gasteiger partial charge in [-0.25, -0.2) is 0 Å². The molecule has 0 aliphatic carbocycles. The first kappa shape index (κ1) is 9.28. The third kappa shape index (κ3) is 1.81. The van der Waals surface area contributed by atoms with Gasteiger partial charge in [-0.05, 0) is 31.4 Å². The lowest BCUT2D eigenvalue weighted by Gasteiger charge is -2.09. The van der Waals surface area contributed by atoms with Crippen LogP contribution in [0.2, 0.25) is 0 Å². The number of furan rings is 1. The van der Waals surface area contributed by atoms with Crippen molar-refractivity contribution < 1.29 is 9.15 Å². The van der Waals surface area contributed by atoms with Gasteiger partial charge in [-0.15, -0.1) is 0 Å². The van der Waals surface area contributed by atoms with Crippen LogP contribution in [0.3, 0.4) is 0 Å². The lowest BCUT2D eigenvalue weighted by Crippen LogP contribution is -2.07. The summed E-state index contributed by atoms with van der Waals surface area (Å²) in [6, 6.07) is 1.99. The van der Waals surface area contributed by atoms with Gasteiger partial charge in [0.15, 0.2) is 0 Å². The predicted octanol–water partition coefficient (Wildman–Crippen LogP) is 3.20. The van der Waals surface area contributed by atoms with Crippen molar-refractivity contribution in [3.8, 4) is 0 Å². The molecule has 1 fully saturated rings. The first-order chi connectivity index (χ1) is 6.31. The molecule has 1 aliphatic heterocycles. The van der Waals surface area contributed by atoms with Gasteiger partial charge >= 0.3 is 0 Å². The molecule has 72 valence electrons. The van der Waals surface area contributed by atoms with Crippen molar-refractivity contribution in [2.75, 3.05) is 5.33 Å². The van der Waals surface area contributed by atoms with Gasteiger partial charge in [0.05, 0.1) is 12.4 Å². The van der Waals surface area contributed by atoms with Crippen LogP contribution in [0.25, 0.3) is 0 Å². The van der Waals surface area contributed by atoms with Crippen LogP contribution in [0.15, 0.2) is 16.7 Å². The number of aryl methyl sites for hydroxylation is 1. The average molecular weight is 245 g/mol. The molecule has 13 heavy (non-hydrogen) atoms. The van der Waals surface area contributed by atoms with Crippen LogP contribution in [0, 0.1) is 6.92 Å². The van der Waals surface area contributed by atoms with Crippen molar-refractivity contribution in [3.63, 3.8) is 0 Å². The predicted molar refractivity (Wildman–Crippen MR) is 54.1 cm³/mol. The molecule has 2 unspecified atom stereocenters. The van der Waals surface area contributed by atoms with Crippen LogP contribution in [0.4, 0.5) is 0 Å². The number of hydrogen-bond donors (Lipinski definition) is 0. The molecule has 0 saturated carbocycles. The molecule has 1 aliphatic rings. The van der Waals surface area contributed by atoms with Gasteiger partial charge in [0.1, 0.15) is 11.9 Å². The van der Waals surface area contributed by atoms with E-state index < -0.39 is 0 Å². The highest BCUT2D eigenvalue weighted by atomic mass is 79.9. The van der Waals surface area contributed by atoms with Gasteiger partial charge in [-0.2, -0.15) is 0 Å². The zero-order valence-corrected chi connectivity index (χ0v) is 9.21. The Morgan fingerprint density at radius 2 is 2.38 bits per heavy atom. The molecule has 0 N–H and O–H groups in total. The van der Waals surface area contributed by atoms with Crippen molar-refractivity contribution >= 4 is 15.9 Å². The Hall–Kier alpha value is -0.280. The molecule has 1 saturated heterocycles. The summed E-state index contributed by atoms with van der Waals surface area (Å²) >= 11 is 3.43. The third-order valence-corrected chi connectivity index (χ3v) is 3.20. The molecule has 0 aromatic carbocycles. The van der Waals surface area contributed by atoms with Gasteiger partial charge in [0.2, 0.25) is 0 Å². The van der Waals surface area contributed by atoms with E-state index in [1.54, 1.807) is 6.26 Å². The second-order valence-electron chi connectivity index (χ2n) is 3.45. The van der Waals surface area contributed by atoms with E-state index in [0.29, 0.717) is 6.10 Å². The summed E-state index contributed by atoms with van der Waals surface area (Å²) < 4.78 is 11.2. The monoisotopic (exact) mass is 244 g/mol. The minimum absolute atomic E-state index is 0.178. The van der Waals surface area contributed by atoms with E-state index in [1.807, 2.05) is 6.07 Å². The lowest BCUT2D eigenvalue weighted by molar-refractivity contribution is 0.0450. The number of rotatable bonds is 2. The SMILES string of the molecule is Cc1ccoc1C1CCC(CBr)O1. The van der Waals surface area contributed by atoms with E-state index >= 15 is 0 Å². The van der Waals surface area contributed by atoms with Gasteiger partial charge in [-0.1, -0.05) is 15.9 Å². The van der Waals surface area contributed by atoms with Crippen LogP contribution < -0.4 is 0 Å². The maximum atomic E-state index is 5.80. The summed E-state index contributed by atoms with van der Waals surface area (Å²) in [5, 5.41) is 0.920. The van der Waals surface area contributed by atoms with E-state index in [2.05, 4.69) is 22.9 Å². The minimum atomic E-state index is 0.178. The molecule has 2 atom stereocenters. The number of halogens is 1. The minimum Gasteiger partial charge on any atom is -0.466 e. The molecule has 0 amide bonds. The summed E-state index contributed by atoms with van der Waals surface area (Å²) in [5.41, 5.74) is 1.19. The zero-order valence-electron chi connectivity index (χ0n) is 7.63. The van der Waals surface area contributed by atoms with Crippen LogP contribution in [-0.4, -0.2) is 11.4 Å². The van der Waals surface area contributed by atoms with Gasteiger partial charge in [0, 0.05) is 5.33 Å². The molecule has 3 heteroatoms. The van der Waals surface area contributed by atoms with Gasteiger partial charge in [-0.3, -0.25) is 0 Å². The second-order valence-corrected chi connectivity index (χ2v) is 4.09. The maximum Gasteiger partial charge on any atom is 0.135 e. The molecular formula is C10H13BrO2. The Morgan fingerprint density at radius 1 is 1.54 bits per heavy atom. The zero-order chi connectivity index (χ0) is 9.26. The fraction of sp³-hybridized carbons (Fsp3) is 0.600. The molecule has 0 radical (unpaired) electrons. The highest BCUT2D eigenvalue weighted by molar-refractivity contribution is 9.09. The average Bonchev–Trinajstić information content (AvgIpc) is 2.71. The molecule has 0 spiro atoms. The van der Waals surface area contributed by atoms with Crippen LogP contribution in [0.5, 0.6) is 0 Å². The van der Waals surface area contributed by atoms with E-state index in [-0.39, 0.29) is 6.10 Å². The Morgan fingerprint density at radius 3 is 2.92 bits per heavy atom. The van der Waals surface area contributed by atoms with E-state index in [9.17, 15) is 0 Å². The topological polar surface area (TPSA) is 22.4 Å². The fourth-order valence-corrected chi connectivity index (χ4v) is 2.20. The molecule has 2 rings (SSSR count). The van der Waals surface area contributed by atoms with Crippen LogP contribution >= 0.6 is 15.9 Å². The Labute approximate surface area is 86.4 Å². The largest absolute Gasteiger partial charge is 0.466 e. The molecular weight excluding hydrogens is 232 g/mol. The first-order valence-corrected chi connectivity index (χ1v) is 5.69. The normalized spacial score (nSPS) is 28.2. The van der Waals surface area contributed by atoms with E-state index in [0.717, 1.165) is 23.9 Å². The van der Waals surface area contributed by atoms with Gasteiger partial charge in [0.25, 0.3) is 0 Å². The van der Waals surface area contributed by atoms with Crippen molar-refractivity contribution in [1.82, 2.24) is 0 Å². The number of ether oxygens (including phenoxy) is 1. The standard InChI is InChI=1S/C10H13BrO2/c1-7-4-5-12-10(7)9-3-2-8(6-11)13-9/h4-5,8-9H,2-3,6H2,1H3. The third-order valence-electron chi connectivity index (χ3n) is 2.47. The quantitative estimate of drug-likeness (QED) is 0.746. The summed E-state index contributed by atoms with van der Waals surface area (Å²) in [7, 11) is 0. The molecule has 2 nitrogen and oxygen atoms in total. The highest BCUT2D eigenvalue weighted by Crippen LogP contribution is 2.35. The Kier molecular flexibility index (Phi) is 2.74. The molecule has 1 aromatic rings. The van der Waals surface area contributed by atoms with E-state index in [4.69, 9.17) is 9.15 Å². The summed E-state index contributed by atoms with van der Waals surface area (Å²) in [6.07, 6.45) is 4.46. The fourth-order valence-electron chi connectivity index (χ4n) is 1.73. The number of alkyl halides is 1. The highest BCUT2D eigenvalue weighted by Gasteiger charge is 2.28. The van der Waals surface area contributed by atoms with Crippen molar-refractivity contribution in [1.29, 1.82) is 0 Å². The van der Waals surface area contributed by atoms with Crippen LogP contribution in [-0.2, 0) is 4.74 Å². The van der Waals surface area contributed by atoms with E-state index in [1.165, 1.54) is 5.56 Å². The summed E-state index contributed by atoms with van der Waals surface area (Å²) in [5.74, 6) is 1.00. The maximum absolute atomic E-state index is 5.80.